The molecule has 0 fully saturated rings. The third-order valence-corrected chi connectivity index (χ3v) is 2.40. The van der Waals surface area contributed by atoms with Crippen LogP contribution in [0.4, 0.5) is 17.6 Å². The lowest BCUT2D eigenvalue weighted by atomic mass is 10.3. The van der Waals surface area contributed by atoms with Crippen molar-refractivity contribution in [2.24, 2.45) is 0 Å². The maximum atomic E-state index is 12.8. The van der Waals surface area contributed by atoms with Gasteiger partial charge in [-0.1, -0.05) is 6.07 Å². The van der Waals surface area contributed by atoms with E-state index in [4.69, 9.17) is 9.84 Å². The average Bonchev–Trinajstić information content (AvgIpc) is 2.27. The van der Waals surface area contributed by atoms with Crippen LogP contribution < -0.4 is 4.74 Å². The number of aliphatic hydroxyl groups excluding tert-OH is 1. The molecule has 0 aromatic heterocycles. The number of rotatable bonds is 6. The Morgan fingerprint density at radius 3 is 2.63 bits per heavy atom. The van der Waals surface area contributed by atoms with E-state index in [-0.39, 0.29) is 13.2 Å². The van der Waals surface area contributed by atoms with Gasteiger partial charge < -0.3 is 14.7 Å². The highest BCUT2D eigenvalue weighted by Crippen LogP contribution is 2.20. The minimum absolute atomic E-state index is 0.102. The molecule has 0 bridgehead atoms. The lowest BCUT2D eigenvalue weighted by Gasteiger charge is -2.22. The third kappa shape index (κ3) is 5.89. The van der Waals surface area contributed by atoms with E-state index in [1.54, 1.807) is 6.07 Å². The molecular formula is C12H15F4NO2. The molecule has 7 heteroatoms. The molecule has 0 aliphatic heterocycles. The zero-order valence-electron chi connectivity index (χ0n) is 10.3. The monoisotopic (exact) mass is 281 g/mol. The van der Waals surface area contributed by atoms with Gasteiger partial charge >= 0.3 is 6.18 Å². The summed E-state index contributed by atoms with van der Waals surface area (Å²) in [5, 5.41) is 8.85. The van der Waals surface area contributed by atoms with E-state index in [0.717, 1.165) is 0 Å². The van der Waals surface area contributed by atoms with Gasteiger partial charge in [0.05, 0.1) is 0 Å². The summed E-state index contributed by atoms with van der Waals surface area (Å²) in [4.78, 5) is 1.29. The second-order valence-electron chi connectivity index (χ2n) is 4.13. The predicted octanol–water partition coefficient (Wildman–Crippen LogP) is 2.06. The van der Waals surface area contributed by atoms with Gasteiger partial charge in [0.1, 0.15) is 18.2 Å². The molecule has 0 saturated carbocycles. The number of halogens is 4. The Morgan fingerprint density at radius 2 is 2.05 bits per heavy atom. The highest BCUT2D eigenvalue weighted by Gasteiger charge is 2.38. The largest absolute Gasteiger partial charge is 0.492 e. The number of alkyl halides is 3. The zero-order chi connectivity index (χ0) is 14.5. The zero-order valence-corrected chi connectivity index (χ0v) is 10.3. The molecular weight excluding hydrogens is 266 g/mol. The van der Waals surface area contributed by atoms with Crippen LogP contribution in [0.25, 0.3) is 0 Å². The van der Waals surface area contributed by atoms with Gasteiger partial charge in [0.15, 0.2) is 6.10 Å². The molecule has 0 aliphatic carbocycles. The summed E-state index contributed by atoms with van der Waals surface area (Å²) in [6, 6.07) is 5.47. The SMILES string of the molecule is CN(CCOc1cccc(F)c1)CC(O)C(F)(F)F. The molecule has 0 spiro atoms. The number of hydrogen-bond donors (Lipinski definition) is 1. The second kappa shape index (κ2) is 6.72. The van der Waals surface area contributed by atoms with Gasteiger partial charge in [0.25, 0.3) is 0 Å². The van der Waals surface area contributed by atoms with Crippen LogP contribution >= 0.6 is 0 Å². The summed E-state index contributed by atoms with van der Waals surface area (Å²) in [5.74, 6) is -0.136. The van der Waals surface area contributed by atoms with Gasteiger partial charge in [0.2, 0.25) is 0 Å². The molecule has 1 aromatic carbocycles. The van der Waals surface area contributed by atoms with Gasteiger partial charge in [-0.2, -0.15) is 13.2 Å². The van der Waals surface area contributed by atoms with Crippen molar-refractivity contribution in [3.8, 4) is 5.75 Å². The van der Waals surface area contributed by atoms with E-state index in [1.165, 1.54) is 30.1 Å². The van der Waals surface area contributed by atoms with Crippen LogP contribution in [0.15, 0.2) is 24.3 Å². The van der Waals surface area contributed by atoms with E-state index < -0.39 is 24.6 Å². The lowest BCUT2D eigenvalue weighted by Crippen LogP contribution is -2.40. The van der Waals surface area contributed by atoms with Gasteiger partial charge in [-0.05, 0) is 19.2 Å². The fraction of sp³-hybridized carbons (Fsp3) is 0.500. The molecule has 1 aromatic rings. The van der Waals surface area contributed by atoms with Crippen LogP contribution in [0.5, 0.6) is 5.75 Å². The summed E-state index contributed by atoms with van der Waals surface area (Å²) >= 11 is 0. The molecule has 1 rings (SSSR count). The Morgan fingerprint density at radius 1 is 1.37 bits per heavy atom. The van der Waals surface area contributed by atoms with Gasteiger partial charge in [-0.3, -0.25) is 0 Å². The number of nitrogens with zero attached hydrogens (tertiary/aromatic N) is 1. The summed E-state index contributed by atoms with van der Waals surface area (Å²) < 4.78 is 54.3. The number of aliphatic hydroxyl groups is 1. The minimum atomic E-state index is -4.63. The van der Waals surface area contributed by atoms with Crippen LogP contribution in [0.1, 0.15) is 0 Å². The summed E-state index contributed by atoms with van der Waals surface area (Å²) in [7, 11) is 1.43. The second-order valence-corrected chi connectivity index (χ2v) is 4.13. The summed E-state index contributed by atoms with van der Waals surface area (Å²) in [6.07, 6.45) is -7.01. The number of ether oxygens (including phenoxy) is 1. The van der Waals surface area contributed by atoms with Crippen LogP contribution in [-0.2, 0) is 0 Å². The molecule has 0 heterocycles. The summed E-state index contributed by atoms with van der Waals surface area (Å²) in [6.45, 7) is -0.246. The molecule has 3 nitrogen and oxygen atoms in total. The molecule has 19 heavy (non-hydrogen) atoms. The van der Waals surface area contributed by atoms with Crippen molar-refractivity contribution in [1.29, 1.82) is 0 Å². The quantitative estimate of drug-likeness (QED) is 0.810. The lowest BCUT2D eigenvalue weighted by molar-refractivity contribution is -0.207. The molecule has 1 atom stereocenters. The Labute approximate surface area is 108 Å². The Hall–Kier alpha value is -1.34. The first-order chi connectivity index (χ1) is 8.79. The molecule has 0 aliphatic rings. The number of likely N-dealkylation sites (N-methyl/N-ethyl adjacent to an activating group) is 1. The van der Waals surface area contributed by atoms with Gasteiger partial charge in [-0.25, -0.2) is 4.39 Å². The minimum Gasteiger partial charge on any atom is -0.492 e. The first-order valence-electron chi connectivity index (χ1n) is 5.60. The molecule has 0 radical (unpaired) electrons. The molecule has 1 N–H and O–H groups in total. The Kier molecular flexibility index (Phi) is 5.56. The number of benzene rings is 1. The van der Waals surface area contributed by atoms with Gasteiger partial charge in [-0.15, -0.1) is 0 Å². The Balaban J connectivity index is 2.29. The molecule has 1 unspecified atom stereocenters. The van der Waals surface area contributed by atoms with E-state index in [1.807, 2.05) is 0 Å². The Bertz CT molecular complexity index is 398. The first kappa shape index (κ1) is 15.7. The van der Waals surface area contributed by atoms with Crippen LogP contribution in [0, 0.1) is 5.82 Å². The third-order valence-electron chi connectivity index (χ3n) is 2.40. The van der Waals surface area contributed by atoms with Crippen molar-refractivity contribution in [2.45, 2.75) is 12.3 Å². The van der Waals surface area contributed by atoms with Crippen molar-refractivity contribution in [3.63, 3.8) is 0 Å². The molecule has 108 valence electrons. The average molecular weight is 281 g/mol. The van der Waals surface area contributed by atoms with E-state index in [9.17, 15) is 17.6 Å². The predicted molar refractivity (Wildman–Crippen MR) is 61.5 cm³/mol. The molecule has 0 saturated heterocycles. The van der Waals surface area contributed by atoms with Crippen LogP contribution in [-0.4, -0.2) is 49.0 Å². The van der Waals surface area contributed by atoms with Crippen molar-refractivity contribution >= 4 is 0 Å². The van der Waals surface area contributed by atoms with Crippen molar-refractivity contribution in [2.75, 3.05) is 26.7 Å². The van der Waals surface area contributed by atoms with Crippen molar-refractivity contribution < 1.29 is 27.4 Å². The summed E-state index contributed by atoms with van der Waals surface area (Å²) in [5.41, 5.74) is 0. The fourth-order valence-electron chi connectivity index (χ4n) is 1.37. The van der Waals surface area contributed by atoms with Crippen molar-refractivity contribution in [3.05, 3.63) is 30.1 Å². The maximum absolute atomic E-state index is 12.8. The highest BCUT2D eigenvalue weighted by atomic mass is 19.4. The fourth-order valence-corrected chi connectivity index (χ4v) is 1.37. The standard InChI is InChI=1S/C12H15F4NO2/c1-17(8-11(18)12(14,15)16)5-6-19-10-4-2-3-9(13)7-10/h2-4,7,11,18H,5-6,8H2,1H3. The first-order valence-corrected chi connectivity index (χ1v) is 5.60. The number of hydrogen-bond acceptors (Lipinski definition) is 3. The molecule has 0 amide bonds. The van der Waals surface area contributed by atoms with E-state index in [2.05, 4.69) is 0 Å². The van der Waals surface area contributed by atoms with Crippen LogP contribution in [0.2, 0.25) is 0 Å². The topological polar surface area (TPSA) is 32.7 Å². The smallest absolute Gasteiger partial charge is 0.415 e. The van der Waals surface area contributed by atoms with Gasteiger partial charge in [0, 0.05) is 19.2 Å². The van der Waals surface area contributed by atoms with Crippen LogP contribution in [0.3, 0.4) is 0 Å². The van der Waals surface area contributed by atoms with E-state index >= 15 is 0 Å². The van der Waals surface area contributed by atoms with Crippen molar-refractivity contribution in [1.82, 2.24) is 4.90 Å². The maximum Gasteiger partial charge on any atom is 0.415 e. The van der Waals surface area contributed by atoms with E-state index in [0.29, 0.717) is 5.75 Å². The normalized spacial score (nSPS) is 13.6. The highest BCUT2D eigenvalue weighted by molar-refractivity contribution is 5.22.